The molecule has 1 amide bonds. The summed E-state index contributed by atoms with van der Waals surface area (Å²) < 4.78 is 2.36. The molecule has 164 valence electrons. The number of nitrogens with zero attached hydrogens (tertiary/aromatic N) is 3. The van der Waals surface area contributed by atoms with Gasteiger partial charge in [-0.3, -0.25) is 9.59 Å². The van der Waals surface area contributed by atoms with E-state index in [4.69, 9.17) is 4.98 Å². The second-order valence-corrected chi connectivity index (χ2v) is 10.1. The van der Waals surface area contributed by atoms with Gasteiger partial charge < -0.3 is 10.2 Å². The minimum absolute atomic E-state index is 0.0594. The van der Waals surface area contributed by atoms with Crippen molar-refractivity contribution in [1.82, 2.24) is 14.9 Å². The van der Waals surface area contributed by atoms with Crippen LogP contribution in [0.3, 0.4) is 0 Å². The summed E-state index contributed by atoms with van der Waals surface area (Å²) in [5, 5.41) is 6.99. The standard InChI is InChI=1S/C24H24N4O2S2/c1-16-5-2-7-18(13-16)28-23(30)21-20(9-12-32-21)26-24(28)27-10-3-6-17(15-27)22(29)25-14-19-8-4-11-31-19/h2,4-5,7-9,11-13,17H,3,6,10,14-15H2,1H3,(H,25,29). The molecule has 4 heterocycles. The first kappa shape index (κ1) is 20.9. The lowest BCUT2D eigenvalue weighted by Gasteiger charge is -2.34. The molecule has 0 aliphatic carbocycles. The van der Waals surface area contributed by atoms with Crippen LogP contribution >= 0.6 is 22.7 Å². The highest BCUT2D eigenvalue weighted by Gasteiger charge is 2.29. The molecule has 1 aliphatic heterocycles. The third kappa shape index (κ3) is 4.08. The van der Waals surface area contributed by atoms with E-state index in [0.717, 1.165) is 35.5 Å². The molecule has 0 bridgehead atoms. The van der Waals surface area contributed by atoms with E-state index in [2.05, 4.69) is 10.2 Å². The van der Waals surface area contributed by atoms with Gasteiger partial charge in [0, 0.05) is 18.0 Å². The summed E-state index contributed by atoms with van der Waals surface area (Å²) in [5.74, 6) is 0.538. The van der Waals surface area contributed by atoms with Crippen molar-refractivity contribution in [3.8, 4) is 5.69 Å². The van der Waals surface area contributed by atoms with E-state index in [0.29, 0.717) is 29.3 Å². The van der Waals surface area contributed by atoms with Crippen molar-refractivity contribution in [1.29, 1.82) is 0 Å². The van der Waals surface area contributed by atoms with Gasteiger partial charge in [-0.15, -0.1) is 22.7 Å². The fourth-order valence-electron chi connectivity index (χ4n) is 4.22. The monoisotopic (exact) mass is 464 g/mol. The van der Waals surface area contributed by atoms with Crippen LogP contribution in [0.4, 0.5) is 5.95 Å². The first-order valence-electron chi connectivity index (χ1n) is 10.7. The molecule has 0 saturated carbocycles. The van der Waals surface area contributed by atoms with Gasteiger partial charge in [0.25, 0.3) is 5.56 Å². The van der Waals surface area contributed by atoms with Gasteiger partial charge in [0.1, 0.15) is 4.70 Å². The van der Waals surface area contributed by atoms with Crippen LogP contribution in [0, 0.1) is 12.8 Å². The number of benzene rings is 1. The number of carbonyl (C=O) groups is 1. The lowest BCUT2D eigenvalue weighted by Crippen LogP contribution is -2.45. The molecule has 1 aromatic carbocycles. The van der Waals surface area contributed by atoms with Gasteiger partial charge in [-0.1, -0.05) is 18.2 Å². The Hall–Kier alpha value is -2.97. The molecule has 6 nitrogen and oxygen atoms in total. The van der Waals surface area contributed by atoms with Crippen molar-refractivity contribution in [2.45, 2.75) is 26.3 Å². The highest BCUT2D eigenvalue weighted by Crippen LogP contribution is 2.27. The molecular weight excluding hydrogens is 440 g/mol. The Morgan fingerprint density at radius 2 is 2.09 bits per heavy atom. The minimum atomic E-state index is -0.134. The molecule has 4 aromatic rings. The lowest BCUT2D eigenvalue weighted by molar-refractivity contribution is -0.125. The van der Waals surface area contributed by atoms with Crippen LogP contribution in [0.25, 0.3) is 15.9 Å². The highest BCUT2D eigenvalue weighted by atomic mass is 32.1. The number of aryl methyl sites for hydroxylation is 1. The van der Waals surface area contributed by atoms with E-state index in [1.54, 1.807) is 15.9 Å². The average Bonchev–Trinajstić information content (AvgIpc) is 3.49. The minimum Gasteiger partial charge on any atom is -0.351 e. The molecule has 0 radical (unpaired) electrons. The summed E-state index contributed by atoms with van der Waals surface area (Å²) in [6.07, 6.45) is 1.71. The van der Waals surface area contributed by atoms with E-state index in [1.807, 2.05) is 60.1 Å². The number of fused-ring (bicyclic) bond motifs is 1. The van der Waals surface area contributed by atoms with Crippen LogP contribution < -0.4 is 15.8 Å². The number of aromatic nitrogens is 2. The maximum Gasteiger partial charge on any atom is 0.277 e. The maximum absolute atomic E-state index is 13.4. The Morgan fingerprint density at radius 3 is 2.91 bits per heavy atom. The second-order valence-electron chi connectivity index (χ2n) is 8.11. The van der Waals surface area contributed by atoms with Gasteiger partial charge in [-0.05, 0) is 60.4 Å². The lowest BCUT2D eigenvalue weighted by atomic mass is 9.97. The summed E-state index contributed by atoms with van der Waals surface area (Å²) >= 11 is 3.06. The fourth-order valence-corrected chi connectivity index (χ4v) is 5.62. The smallest absolute Gasteiger partial charge is 0.277 e. The molecular formula is C24H24N4O2S2. The van der Waals surface area contributed by atoms with Crippen LogP contribution in [0.15, 0.2) is 58.0 Å². The zero-order valence-corrected chi connectivity index (χ0v) is 19.4. The normalized spacial score (nSPS) is 16.4. The summed E-state index contributed by atoms with van der Waals surface area (Å²) in [4.78, 5) is 34.4. The number of hydrogen-bond donors (Lipinski definition) is 1. The fraction of sp³-hybridized carbons (Fsp3) is 0.292. The molecule has 1 aliphatic rings. The van der Waals surface area contributed by atoms with Gasteiger partial charge >= 0.3 is 0 Å². The number of hydrogen-bond acceptors (Lipinski definition) is 6. The Kier molecular flexibility index (Phi) is 5.80. The van der Waals surface area contributed by atoms with E-state index in [-0.39, 0.29) is 17.4 Å². The number of amides is 1. The predicted molar refractivity (Wildman–Crippen MR) is 131 cm³/mol. The van der Waals surface area contributed by atoms with Crippen LogP contribution in [-0.2, 0) is 11.3 Å². The molecule has 1 saturated heterocycles. The summed E-state index contributed by atoms with van der Waals surface area (Å²) in [7, 11) is 0. The number of piperidine rings is 1. The third-order valence-electron chi connectivity index (χ3n) is 5.81. The van der Waals surface area contributed by atoms with Crippen LogP contribution in [-0.4, -0.2) is 28.5 Å². The Morgan fingerprint density at radius 1 is 1.19 bits per heavy atom. The average molecular weight is 465 g/mol. The van der Waals surface area contributed by atoms with Crippen molar-refractivity contribution in [2.24, 2.45) is 5.92 Å². The van der Waals surface area contributed by atoms with Gasteiger partial charge in [-0.2, -0.15) is 0 Å². The third-order valence-corrected chi connectivity index (χ3v) is 7.58. The number of nitrogens with one attached hydrogen (secondary N) is 1. The maximum atomic E-state index is 13.4. The van der Waals surface area contributed by atoms with E-state index in [1.165, 1.54) is 11.3 Å². The molecule has 1 fully saturated rings. The van der Waals surface area contributed by atoms with Crippen molar-refractivity contribution in [3.05, 3.63) is 74.0 Å². The Labute approximate surface area is 194 Å². The first-order chi connectivity index (χ1) is 15.6. The van der Waals surface area contributed by atoms with Gasteiger partial charge in [0.05, 0.1) is 23.7 Å². The van der Waals surface area contributed by atoms with Gasteiger partial charge in [-0.25, -0.2) is 9.55 Å². The summed E-state index contributed by atoms with van der Waals surface area (Å²) in [6.45, 7) is 3.88. The molecule has 8 heteroatoms. The summed E-state index contributed by atoms with van der Waals surface area (Å²) in [5.41, 5.74) is 2.53. The SMILES string of the molecule is Cc1cccc(-n2c(N3CCCC(C(=O)NCc4cccs4)C3)nc3ccsc3c2=O)c1. The molecule has 3 aromatic heterocycles. The Bertz CT molecular complexity index is 1310. The number of carbonyl (C=O) groups excluding carboxylic acids is 1. The van der Waals surface area contributed by atoms with Gasteiger partial charge in [0.15, 0.2) is 0 Å². The second kappa shape index (κ2) is 8.88. The molecule has 1 N–H and O–H groups in total. The van der Waals surface area contributed by atoms with Crippen molar-refractivity contribution < 1.29 is 4.79 Å². The first-order valence-corrected chi connectivity index (χ1v) is 12.5. The molecule has 1 atom stereocenters. The van der Waals surface area contributed by atoms with Crippen LogP contribution in [0.2, 0.25) is 0 Å². The number of rotatable bonds is 5. The van der Waals surface area contributed by atoms with E-state index in [9.17, 15) is 9.59 Å². The summed E-state index contributed by atoms with van der Waals surface area (Å²) in [6, 6.07) is 13.8. The van der Waals surface area contributed by atoms with Crippen molar-refractivity contribution in [2.75, 3.05) is 18.0 Å². The predicted octanol–water partition coefficient (Wildman–Crippen LogP) is 4.35. The molecule has 5 rings (SSSR count). The molecule has 32 heavy (non-hydrogen) atoms. The number of thiophene rings is 2. The molecule has 1 unspecified atom stereocenters. The van der Waals surface area contributed by atoms with Crippen LogP contribution in [0.1, 0.15) is 23.3 Å². The van der Waals surface area contributed by atoms with Crippen LogP contribution in [0.5, 0.6) is 0 Å². The number of anilines is 1. The van der Waals surface area contributed by atoms with Crippen molar-refractivity contribution in [3.63, 3.8) is 0 Å². The molecule has 0 spiro atoms. The Balaban J connectivity index is 1.47. The zero-order valence-electron chi connectivity index (χ0n) is 17.8. The van der Waals surface area contributed by atoms with Gasteiger partial charge in [0.2, 0.25) is 11.9 Å². The zero-order chi connectivity index (χ0) is 22.1. The highest BCUT2D eigenvalue weighted by molar-refractivity contribution is 7.17. The topological polar surface area (TPSA) is 67.2 Å². The van der Waals surface area contributed by atoms with E-state index >= 15 is 0 Å². The van der Waals surface area contributed by atoms with E-state index < -0.39 is 0 Å². The largest absolute Gasteiger partial charge is 0.351 e. The quantitative estimate of drug-likeness (QED) is 0.477. The van der Waals surface area contributed by atoms with Crippen molar-refractivity contribution >= 4 is 44.7 Å².